The maximum Gasteiger partial charge on any atom is 0.0946 e. The van der Waals surface area contributed by atoms with E-state index in [1.54, 1.807) is 0 Å². The van der Waals surface area contributed by atoms with Crippen molar-refractivity contribution in [2.24, 2.45) is 5.92 Å². The second kappa shape index (κ2) is 4.55. The summed E-state index contributed by atoms with van der Waals surface area (Å²) in [5, 5.41) is 0. The maximum absolute atomic E-state index is 5.59. The molecule has 0 bridgehead atoms. The van der Waals surface area contributed by atoms with Crippen molar-refractivity contribution in [3.8, 4) is 0 Å². The highest BCUT2D eigenvalue weighted by atomic mass is 16.5. The molecule has 0 aromatic carbocycles. The number of hydrogen-bond acceptors (Lipinski definition) is 3. The van der Waals surface area contributed by atoms with E-state index in [1.165, 1.54) is 19.4 Å². The Bertz CT molecular complexity index is 321. The molecule has 0 N–H and O–H groups in total. The zero-order valence-electron chi connectivity index (χ0n) is 9.59. The second-order valence-corrected chi connectivity index (χ2v) is 4.93. The minimum absolute atomic E-state index is 0.531. The molecule has 2 fully saturated rings. The van der Waals surface area contributed by atoms with Crippen LogP contribution in [0.5, 0.6) is 0 Å². The predicted molar refractivity (Wildman–Crippen MR) is 61.1 cm³/mol. The molecule has 1 atom stereocenters. The topological polar surface area (TPSA) is 30.3 Å². The van der Waals surface area contributed by atoms with Gasteiger partial charge in [-0.25, -0.2) is 4.98 Å². The first-order chi connectivity index (χ1) is 7.92. The van der Waals surface area contributed by atoms with Gasteiger partial charge < -0.3 is 9.30 Å². The number of nitrogens with zero attached hydrogens (tertiary/aromatic N) is 3. The van der Waals surface area contributed by atoms with E-state index in [4.69, 9.17) is 4.74 Å². The summed E-state index contributed by atoms with van der Waals surface area (Å²) in [6.45, 7) is 5.13. The van der Waals surface area contributed by atoms with E-state index >= 15 is 0 Å². The largest absolute Gasteiger partial charge is 0.378 e. The van der Waals surface area contributed by atoms with Gasteiger partial charge in [-0.15, -0.1) is 0 Å². The van der Waals surface area contributed by atoms with Gasteiger partial charge in [0.15, 0.2) is 0 Å². The summed E-state index contributed by atoms with van der Waals surface area (Å²) < 4.78 is 7.74. The Morgan fingerprint density at radius 2 is 2.25 bits per heavy atom. The van der Waals surface area contributed by atoms with Gasteiger partial charge in [0.25, 0.3) is 0 Å². The number of imidazole rings is 1. The van der Waals surface area contributed by atoms with E-state index in [0.717, 1.165) is 32.2 Å². The van der Waals surface area contributed by atoms with Crippen molar-refractivity contribution in [1.82, 2.24) is 14.5 Å². The zero-order valence-corrected chi connectivity index (χ0v) is 9.59. The Labute approximate surface area is 96.2 Å². The van der Waals surface area contributed by atoms with Gasteiger partial charge in [0.05, 0.1) is 25.6 Å². The van der Waals surface area contributed by atoms with Gasteiger partial charge >= 0.3 is 0 Å². The van der Waals surface area contributed by atoms with Crippen molar-refractivity contribution < 1.29 is 4.74 Å². The minimum Gasteiger partial charge on any atom is -0.378 e. The van der Waals surface area contributed by atoms with Gasteiger partial charge in [-0.1, -0.05) is 0 Å². The van der Waals surface area contributed by atoms with Crippen LogP contribution >= 0.6 is 0 Å². The summed E-state index contributed by atoms with van der Waals surface area (Å²) >= 11 is 0. The predicted octanol–water partition coefficient (Wildman–Crippen LogP) is 0.994. The zero-order chi connectivity index (χ0) is 10.8. The lowest BCUT2D eigenvalue weighted by Crippen LogP contribution is -2.48. The molecule has 16 heavy (non-hydrogen) atoms. The third-order valence-electron chi connectivity index (χ3n) is 3.52. The molecule has 1 unspecified atom stereocenters. The molecule has 1 aliphatic heterocycles. The highest BCUT2D eigenvalue weighted by molar-refractivity contribution is 4.85. The molecule has 1 aromatic rings. The van der Waals surface area contributed by atoms with Crippen molar-refractivity contribution in [3.63, 3.8) is 0 Å². The van der Waals surface area contributed by atoms with E-state index in [0.29, 0.717) is 6.04 Å². The average Bonchev–Trinajstić information content (AvgIpc) is 2.96. The molecule has 0 amide bonds. The van der Waals surface area contributed by atoms with Crippen molar-refractivity contribution in [3.05, 3.63) is 18.7 Å². The van der Waals surface area contributed by atoms with Crippen molar-refractivity contribution in [1.29, 1.82) is 0 Å². The summed E-state index contributed by atoms with van der Waals surface area (Å²) in [5.74, 6) is 0.961. The third-order valence-corrected chi connectivity index (χ3v) is 3.52. The monoisotopic (exact) mass is 221 g/mol. The second-order valence-electron chi connectivity index (χ2n) is 4.93. The molecular formula is C12H19N3O. The summed E-state index contributed by atoms with van der Waals surface area (Å²) in [5.41, 5.74) is 0. The summed E-state index contributed by atoms with van der Waals surface area (Å²) in [6.07, 6.45) is 8.62. The van der Waals surface area contributed by atoms with Crippen LogP contribution in [0.3, 0.4) is 0 Å². The molecule has 1 aliphatic carbocycles. The lowest BCUT2D eigenvalue weighted by Gasteiger charge is -2.35. The van der Waals surface area contributed by atoms with Gasteiger partial charge in [-0.05, 0) is 18.8 Å². The SMILES string of the molecule is c1cn(CC2COCCN2CC2CC2)cn1. The molecule has 3 rings (SSSR count). The van der Waals surface area contributed by atoms with E-state index in [-0.39, 0.29) is 0 Å². The molecule has 1 saturated carbocycles. The van der Waals surface area contributed by atoms with Gasteiger partial charge in [-0.3, -0.25) is 4.90 Å². The standard InChI is InChI=1S/C12H19N3O/c1-2-11(1)7-15-5-6-16-9-12(15)8-14-4-3-13-10-14/h3-4,10-12H,1-2,5-9H2. The van der Waals surface area contributed by atoms with Crippen molar-refractivity contribution in [2.45, 2.75) is 25.4 Å². The molecule has 0 spiro atoms. The first-order valence-electron chi connectivity index (χ1n) is 6.19. The number of ether oxygens (including phenoxy) is 1. The molecular weight excluding hydrogens is 202 g/mol. The Morgan fingerprint density at radius 1 is 1.31 bits per heavy atom. The molecule has 2 heterocycles. The maximum atomic E-state index is 5.59. The van der Waals surface area contributed by atoms with Gasteiger partial charge in [0.1, 0.15) is 0 Å². The lowest BCUT2D eigenvalue weighted by molar-refractivity contribution is -0.0154. The van der Waals surface area contributed by atoms with Crippen LogP contribution in [0, 0.1) is 5.92 Å². The van der Waals surface area contributed by atoms with Crippen molar-refractivity contribution in [2.75, 3.05) is 26.3 Å². The van der Waals surface area contributed by atoms with Crippen molar-refractivity contribution >= 4 is 0 Å². The van der Waals surface area contributed by atoms with E-state index in [1.807, 2.05) is 18.7 Å². The Balaban J connectivity index is 1.60. The van der Waals surface area contributed by atoms with Crippen LogP contribution in [-0.4, -0.2) is 46.8 Å². The molecule has 0 radical (unpaired) electrons. The van der Waals surface area contributed by atoms with Gasteiger partial charge in [0.2, 0.25) is 0 Å². The van der Waals surface area contributed by atoms with E-state index < -0.39 is 0 Å². The molecule has 1 saturated heterocycles. The van der Waals surface area contributed by atoms with Gasteiger partial charge in [0, 0.05) is 32.0 Å². The fourth-order valence-electron chi connectivity index (χ4n) is 2.37. The molecule has 2 aliphatic rings. The minimum atomic E-state index is 0.531. The smallest absolute Gasteiger partial charge is 0.0946 e. The normalized spacial score (nSPS) is 27.1. The summed E-state index contributed by atoms with van der Waals surface area (Å²) in [6, 6.07) is 0.531. The van der Waals surface area contributed by atoms with Crippen LogP contribution in [0.2, 0.25) is 0 Å². The number of hydrogen-bond donors (Lipinski definition) is 0. The quantitative estimate of drug-likeness (QED) is 0.759. The van der Waals surface area contributed by atoms with Crippen LogP contribution in [0.4, 0.5) is 0 Å². The molecule has 4 heteroatoms. The highest BCUT2D eigenvalue weighted by Crippen LogP contribution is 2.30. The van der Waals surface area contributed by atoms with Crippen LogP contribution in [0.15, 0.2) is 18.7 Å². The first kappa shape index (κ1) is 10.3. The average molecular weight is 221 g/mol. The number of morpholine rings is 1. The van der Waals surface area contributed by atoms with Gasteiger partial charge in [-0.2, -0.15) is 0 Å². The lowest BCUT2D eigenvalue weighted by atomic mass is 10.2. The molecule has 4 nitrogen and oxygen atoms in total. The van der Waals surface area contributed by atoms with Crippen LogP contribution in [0.1, 0.15) is 12.8 Å². The van der Waals surface area contributed by atoms with E-state index in [9.17, 15) is 0 Å². The van der Waals surface area contributed by atoms with Crippen LogP contribution in [-0.2, 0) is 11.3 Å². The van der Waals surface area contributed by atoms with E-state index in [2.05, 4.69) is 14.5 Å². The Morgan fingerprint density at radius 3 is 3.00 bits per heavy atom. The number of aromatic nitrogens is 2. The fraction of sp³-hybridized carbons (Fsp3) is 0.750. The summed E-state index contributed by atoms with van der Waals surface area (Å²) in [7, 11) is 0. The highest BCUT2D eigenvalue weighted by Gasteiger charge is 2.30. The van der Waals surface area contributed by atoms with Crippen LogP contribution < -0.4 is 0 Å². The number of rotatable bonds is 4. The molecule has 1 aromatic heterocycles. The Kier molecular flexibility index (Phi) is 2.93. The van der Waals surface area contributed by atoms with Crippen LogP contribution in [0.25, 0.3) is 0 Å². The Hall–Kier alpha value is -0.870. The fourth-order valence-corrected chi connectivity index (χ4v) is 2.37. The first-order valence-corrected chi connectivity index (χ1v) is 6.19. The third kappa shape index (κ3) is 2.44. The summed E-state index contributed by atoms with van der Waals surface area (Å²) in [4.78, 5) is 6.69. The molecule has 88 valence electrons.